The monoisotopic (exact) mass is 290 g/mol. The topological polar surface area (TPSA) is 20.2 Å². The largest absolute Gasteiger partial charge is 0.389 e. The van der Waals surface area contributed by atoms with Crippen molar-refractivity contribution in [3.05, 3.63) is 12.2 Å². The van der Waals surface area contributed by atoms with Gasteiger partial charge in [0.2, 0.25) is 0 Å². The number of hydrogen-bond acceptors (Lipinski definition) is 1. The highest BCUT2D eigenvalue weighted by atomic mass is 16.3. The summed E-state index contributed by atoms with van der Waals surface area (Å²) in [6.07, 6.45) is 8.53. The minimum atomic E-state index is -0.433. The van der Waals surface area contributed by atoms with E-state index in [2.05, 4.69) is 34.3 Å². The molecule has 6 atom stereocenters. The summed E-state index contributed by atoms with van der Waals surface area (Å²) in [5.74, 6) is 2.81. The standard InChI is InChI=1S/C20H34O/c1-13(2)16-9-8-15(4)20(21)12-11-19(5)10-6-7-14(3)17(19)18(16)20/h13,15-18,21H,3,6-12H2,1-2,4-5H3/t15-,16+,17-,18-,19+,20-/m0/s1. The summed E-state index contributed by atoms with van der Waals surface area (Å²) < 4.78 is 0. The van der Waals surface area contributed by atoms with Gasteiger partial charge in [-0.3, -0.25) is 0 Å². The number of fused-ring (bicyclic) bond motifs is 3. The summed E-state index contributed by atoms with van der Waals surface area (Å²) >= 11 is 0. The van der Waals surface area contributed by atoms with Gasteiger partial charge in [-0.25, -0.2) is 0 Å². The van der Waals surface area contributed by atoms with Crippen LogP contribution in [0.4, 0.5) is 0 Å². The molecule has 120 valence electrons. The van der Waals surface area contributed by atoms with Gasteiger partial charge in [0.05, 0.1) is 5.60 Å². The minimum Gasteiger partial charge on any atom is -0.389 e. The van der Waals surface area contributed by atoms with Crippen LogP contribution in [0.2, 0.25) is 0 Å². The molecule has 0 aliphatic heterocycles. The molecule has 3 aliphatic rings. The van der Waals surface area contributed by atoms with E-state index in [1.807, 2.05) is 0 Å². The zero-order chi connectivity index (χ0) is 15.4. The Morgan fingerprint density at radius 1 is 1.19 bits per heavy atom. The second kappa shape index (κ2) is 5.11. The fraction of sp³-hybridized carbons (Fsp3) is 0.900. The van der Waals surface area contributed by atoms with Gasteiger partial charge in [0.15, 0.2) is 0 Å². The average Bonchev–Trinajstić information content (AvgIpc) is 2.40. The molecule has 1 nitrogen and oxygen atoms in total. The molecule has 3 saturated carbocycles. The van der Waals surface area contributed by atoms with Crippen molar-refractivity contribution in [2.75, 3.05) is 0 Å². The van der Waals surface area contributed by atoms with Crippen LogP contribution in [0.5, 0.6) is 0 Å². The van der Waals surface area contributed by atoms with Gasteiger partial charge in [0, 0.05) is 0 Å². The quantitative estimate of drug-likeness (QED) is 0.659. The molecule has 0 spiro atoms. The third kappa shape index (κ3) is 2.22. The minimum absolute atomic E-state index is 0.399. The summed E-state index contributed by atoms with van der Waals surface area (Å²) in [7, 11) is 0. The van der Waals surface area contributed by atoms with E-state index in [0.717, 1.165) is 6.42 Å². The summed E-state index contributed by atoms with van der Waals surface area (Å²) in [5, 5.41) is 11.6. The lowest BCUT2D eigenvalue weighted by Crippen LogP contribution is -2.61. The van der Waals surface area contributed by atoms with Crippen LogP contribution in [-0.2, 0) is 0 Å². The predicted octanol–water partition coefficient (Wildman–Crippen LogP) is 5.19. The van der Waals surface area contributed by atoms with Crippen LogP contribution >= 0.6 is 0 Å². The smallest absolute Gasteiger partial charge is 0.0710 e. The van der Waals surface area contributed by atoms with Crippen LogP contribution in [0.25, 0.3) is 0 Å². The first-order valence-electron chi connectivity index (χ1n) is 9.19. The zero-order valence-electron chi connectivity index (χ0n) is 14.5. The van der Waals surface area contributed by atoms with Crippen LogP contribution in [0.1, 0.15) is 72.6 Å². The number of hydrogen-bond donors (Lipinski definition) is 1. The summed E-state index contributed by atoms with van der Waals surface area (Å²) in [6.45, 7) is 14.0. The lowest BCUT2D eigenvalue weighted by molar-refractivity contribution is -0.191. The molecule has 0 aromatic rings. The van der Waals surface area contributed by atoms with Crippen molar-refractivity contribution in [3.8, 4) is 0 Å². The van der Waals surface area contributed by atoms with Crippen molar-refractivity contribution in [2.24, 2.45) is 35.0 Å². The molecule has 21 heavy (non-hydrogen) atoms. The maximum Gasteiger partial charge on any atom is 0.0710 e. The molecule has 0 aromatic carbocycles. The van der Waals surface area contributed by atoms with Gasteiger partial charge in [-0.1, -0.05) is 39.8 Å². The fourth-order valence-electron chi connectivity index (χ4n) is 6.24. The Kier molecular flexibility index (Phi) is 3.80. The Bertz CT molecular complexity index is 426. The van der Waals surface area contributed by atoms with E-state index in [4.69, 9.17) is 0 Å². The normalized spacial score (nSPS) is 50.7. The molecule has 0 unspecified atom stereocenters. The molecule has 0 heterocycles. The van der Waals surface area contributed by atoms with E-state index in [9.17, 15) is 5.11 Å². The Balaban J connectivity index is 2.05. The lowest BCUT2D eigenvalue weighted by Gasteiger charge is -2.62. The summed E-state index contributed by atoms with van der Waals surface area (Å²) in [6, 6.07) is 0. The van der Waals surface area contributed by atoms with E-state index >= 15 is 0 Å². The zero-order valence-corrected chi connectivity index (χ0v) is 14.5. The molecule has 0 radical (unpaired) electrons. The molecular weight excluding hydrogens is 256 g/mol. The number of rotatable bonds is 1. The average molecular weight is 290 g/mol. The molecular formula is C20H34O. The molecule has 3 aliphatic carbocycles. The van der Waals surface area contributed by atoms with E-state index in [1.165, 1.54) is 44.1 Å². The van der Waals surface area contributed by atoms with Crippen molar-refractivity contribution in [2.45, 2.75) is 78.2 Å². The molecule has 0 amide bonds. The molecule has 1 N–H and O–H groups in total. The molecule has 0 saturated heterocycles. The van der Waals surface area contributed by atoms with Crippen molar-refractivity contribution in [1.29, 1.82) is 0 Å². The van der Waals surface area contributed by atoms with E-state index in [1.54, 1.807) is 0 Å². The van der Waals surface area contributed by atoms with Crippen LogP contribution in [0, 0.1) is 35.0 Å². The third-order valence-corrected chi connectivity index (χ3v) is 7.57. The van der Waals surface area contributed by atoms with Crippen molar-refractivity contribution in [1.82, 2.24) is 0 Å². The van der Waals surface area contributed by atoms with Crippen molar-refractivity contribution in [3.63, 3.8) is 0 Å². The summed E-state index contributed by atoms with van der Waals surface area (Å²) in [5.41, 5.74) is 1.42. The van der Waals surface area contributed by atoms with Crippen LogP contribution in [-0.4, -0.2) is 10.7 Å². The van der Waals surface area contributed by atoms with Crippen molar-refractivity contribution < 1.29 is 5.11 Å². The molecule has 0 aromatic heterocycles. The fourth-order valence-corrected chi connectivity index (χ4v) is 6.24. The Labute approximate surface area is 131 Å². The maximum absolute atomic E-state index is 11.6. The van der Waals surface area contributed by atoms with Gasteiger partial charge in [-0.05, 0) is 80.0 Å². The van der Waals surface area contributed by atoms with Gasteiger partial charge < -0.3 is 5.11 Å². The highest BCUT2D eigenvalue weighted by Crippen LogP contribution is 2.63. The van der Waals surface area contributed by atoms with Gasteiger partial charge in [-0.2, -0.15) is 0 Å². The Morgan fingerprint density at radius 3 is 2.57 bits per heavy atom. The molecule has 0 bridgehead atoms. The van der Waals surface area contributed by atoms with Crippen molar-refractivity contribution >= 4 is 0 Å². The van der Waals surface area contributed by atoms with E-state index in [-0.39, 0.29) is 0 Å². The van der Waals surface area contributed by atoms with E-state index < -0.39 is 5.60 Å². The first-order valence-corrected chi connectivity index (χ1v) is 9.19. The second-order valence-corrected chi connectivity index (χ2v) is 9.05. The third-order valence-electron chi connectivity index (χ3n) is 7.57. The van der Waals surface area contributed by atoms with Crippen LogP contribution in [0.3, 0.4) is 0 Å². The second-order valence-electron chi connectivity index (χ2n) is 9.05. The molecule has 3 rings (SSSR count). The molecule has 1 heteroatoms. The maximum atomic E-state index is 11.6. The highest BCUT2D eigenvalue weighted by Gasteiger charge is 2.60. The van der Waals surface area contributed by atoms with Gasteiger partial charge >= 0.3 is 0 Å². The predicted molar refractivity (Wildman–Crippen MR) is 89.0 cm³/mol. The number of aliphatic hydroxyl groups is 1. The van der Waals surface area contributed by atoms with Gasteiger partial charge in [0.1, 0.15) is 0 Å². The first kappa shape index (κ1) is 15.6. The SMILES string of the molecule is C=C1CCC[C@]2(C)CC[C@@]3(O)[C@@H]([C@@H](C(C)C)CC[C@@H]3C)[C@H]12. The van der Waals surface area contributed by atoms with E-state index in [0.29, 0.717) is 35.0 Å². The van der Waals surface area contributed by atoms with Gasteiger partial charge in [-0.15, -0.1) is 0 Å². The van der Waals surface area contributed by atoms with Crippen LogP contribution < -0.4 is 0 Å². The first-order chi connectivity index (χ1) is 9.79. The van der Waals surface area contributed by atoms with Crippen LogP contribution in [0.15, 0.2) is 12.2 Å². The van der Waals surface area contributed by atoms with Gasteiger partial charge in [0.25, 0.3) is 0 Å². The lowest BCUT2D eigenvalue weighted by atomic mass is 9.44. The Morgan fingerprint density at radius 2 is 1.90 bits per heavy atom. The number of allylic oxidation sites excluding steroid dienone is 1. The highest BCUT2D eigenvalue weighted by molar-refractivity contribution is 5.20. The molecule has 3 fully saturated rings. The summed E-state index contributed by atoms with van der Waals surface area (Å²) in [4.78, 5) is 0. The Hall–Kier alpha value is -0.300.